The molecule has 2 N–H and O–H groups in total. The molecule has 0 aromatic heterocycles. The molecule has 1 heterocycles. The highest BCUT2D eigenvalue weighted by molar-refractivity contribution is 6.52. The summed E-state index contributed by atoms with van der Waals surface area (Å²) >= 11 is 0. The number of fused-ring (bicyclic) bond motifs is 3. The molecule has 4 atom stereocenters. The van der Waals surface area contributed by atoms with Crippen LogP contribution in [0.15, 0.2) is 23.8 Å². The molecule has 4 rings (SSSR count). The molecular formula is C25H30O5. The SMILES string of the molecule is CC1=C(O)c2c(cc(O)c3c2O[C@H](C)[C@@]3(C)C/C=C\C2(C)CCCC2C)C(=O)C1=O. The number of Topliss-reactive ketones (excluding diaryl/α,β-unsaturated/α-hetero) is 2. The summed E-state index contributed by atoms with van der Waals surface area (Å²) in [5.41, 5.74) is 0.476. The van der Waals surface area contributed by atoms with Crippen molar-refractivity contribution in [1.29, 1.82) is 0 Å². The van der Waals surface area contributed by atoms with Crippen molar-refractivity contribution in [3.05, 3.63) is 40.5 Å². The van der Waals surface area contributed by atoms with Gasteiger partial charge in [0.05, 0.1) is 5.56 Å². The molecule has 5 heteroatoms. The predicted octanol–water partition coefficient (Wildman–Crippen LogP) is 5.26. The van der Waals surface area contributed by atoms with E-state index in [1.165, 1.54) is 32.3 Å². The van der Waals surface area contributed by atoms with Crippen LogP contribution in [0.1, 0.15) is 81.8 Å². The standard InChI is InChI=1S/C25H30O5/c1-13-8-6-9-24(13,4)10-7-11-25(5)15(3)30-23-18-16(12-17(26)19(23)25)22(29)21(28)14(2)20(18)27/h7,10,12-13,15,26-27H,6,8-9,11H2,1-5H3/b10-7-/t13?,15-,24?,25-/m1/s1. The van der Waals surface area contributed by atoms with Crippen LogP contribution in [0.3, 0.4) is 0 Å². The highest BCUT2D eigenvalue weighted by atomic mass is 16.5. The van der Waals surface area contributed by atoms with Crippen LogP contribution in [0.5, 0.6) is 11.5 Å². The molecule has 3 aliphatic rings. The lowest BCUT2D eigenvalue weighted by atomic mass is 9.73. The Morgan fingerprint density at radius 2 is 1.90 bits per heavy atom. The zero-order chi connectivity index (χ0) is 22.0. The molecule has 2 unspecified atom stereocenters. The summed E-state index contributed by atoms with van der Waals surface area (Å²) < 4.78 is 6.12. The van der Waals surface area contributed by atoms with Gasteiger partial charge in [0.2, 0.25) is 11.6 Å². The topological polar surface area (TPSA) is 83.8 Å². The zero-order valence-corrected chi connectivity index (χ0v) is 18.3. The van der Waals surface area contributed by atoms with E-state index in [0.29, 0.717) is 23.7 Å². The van der Waals surface area contributed by atoms with Crippen LogP contribution >= 0.6 is 0 Å². The van der Waals surface area contributed by atoms with Crippen LogP contribution in [0, 0.1) is 11.3 Å². The van der Waals surface area contributed by atoms with Crippen LogP contribution in [0.25, 0.3) is 5.76 Å². The van der Waals surface area contributed by atoms with E-state index in [2.05, 4.69) is 26.0 Å². The number of ketones is 2. The van der Waals surface area contributed by atoms with Gasteiger partial charge in [0, 0.05) is 22.1 Å². The Hall–Kier alpha value is -2.56. The van der Waals surface area contributed by atoms with E-state index >= 15 is 0 Å². The number of hydrogen-bond donors (Lipinski definition) is 2. The first kappa shape index (κ1) is 20.7. The van der Waals surface area contributed by atoms with Gasteiger partial charge in [-0.2, -0.15) is 0 Å². The largest absolute Gasteiger partial charge is 0.507 e. The summed E-state index contributed by atoms with van der Waals surface area (Å²) in [6.07, 6.45) is 8.54. The van der Waals surface area contributed by atoms with Crippen molar-refractivity contribution in [2.24, 2.45) is 11.3 Å². The molecule has 1 fully saturated rings. The van der Waals surface area contributed by atoms with Gasteiger partial charge in [-0.25, -0.2) is 0 Å². The number of ether oxygens (including phenoxy) is 1. The summed E-state index contributed by atoms with van der Waals surface area (Å²) in [5.74, 6) is -0.851. The maximum Gasteiger partial charge on any atom is 0.234 e. The van der Waals surface area contributed by atoms with E-state index in [9.17, 15) is 19.8 Å². The molecule has 1 aromatic carbocycles. The third kappa shape index (κ3) is 2.74. The van der Waals surface area contributed by atoms with Crippen molar-refractivity contribution in [3.8, 4) is 11.5 Å². The van der Waals surface area contributed by atoms with E-state index in [0.717, 1.165) is 0 Å². The summed E-state index contributed by atoms with van der Waals surface area (Å²) in [7, 11) is 0. The number of phenolic OH excluding ortho intramolecular Hbond substituents is 1. The average molecular weight is 411 g/mol. The highest BCUT2D eigenvalue weighted by Gasteiger charge is 2.48. The van der Waals surface area contributed by atoms with Crippen molar-refractivity contribution in [3.63, 3.8) is 0 Å². The van der Waals surface area contributed by atoms with Gasteiger partial charge in [-0.3, -0.25) is 9.59 Å². The average Bonchev–Trinajstić information content (AvgIpc) is 3.15. The first-order valence-corrected chi connectivity index (χ1v) is 10.8. The van der Waals surface area contributed by atoms with Gasteiger partial charge < -0.3 is 14.9 Å². The van der Waals surface area contributed by atoms with Crippen LogP contribution in [0.2, 0.25) is 0 Å². The lowest BCUT2D eigenvalue weighted by Crippen LogP contribution is -2.32. The van der Waals surface area contributed by atoms with Crippen molar-refractivity contribution in [2.45, 2.75) is 71.8 Å². The fraction of sp³-hybridized carbons (Fsp3) is 0.520. The third-order valence-corrected chi connectivity index (χ3v) is 7.93. The number of carbonyl (C=O) groups excluding carboxylic acids is 2. The molecule has 0 saturated heterocycles. The summed E-state index contributed by atoms with van der Waals surface area (Å²) in [5, 5.41) is 21.5. The van der Waals surface area contributed by atoms with Crippen LogP contribution in [-0.2, 0) is 10.2 Å². The Bertz CT molecular complexity index is 1020. The molecule has 30 heavy (non-hydrogen) atoms. The number of phenols is 1. The Morgan fingerprint density at radius 1 is 1.20 bits per heavy atom. The molecular weight excluding hydrogens is 380 g/mol. The minimum Gasteiger partial charge on any atom is -0.507 e. The maximum atomic E-state index is 12.5. The lowest BCUT2D eigenvalue weighted by molar-refractivity contribution is -0.111. The van der Waals surface area contributed by atoms with Gasteiger partial charge in [0.15, 0.2) is 0 Å². The number of hydrogen-bond acceptors (Lipinski definition) is 5. The Labute approximate surface area is 177 Å². The fourth-order valence-electron chi connectivity index (χ4n) is 5.28. The van der Waals surface area contributed by atoms with E-state index < -0.39 is 17.0 Å². The minimum atomic E-state index is -0.755. The Balaban J connectivity index is 1.78. The van der Waals surface area contributed by atoms with Crippen molar-refractivity contribution in [1.82, 2.24) is 0 Å². The molecule has 0 amide bonds. The van der Waals surface area contributed by atoms with Gasteiger partial charge in [0.1, 0.15) is 23.4 Å². The minimum absolute atomic E-state index is 0.00127. The molecule has 1 aromatic rings. The quantitative estimate of drug-likeness (QED) is 0.525. The highest BCUT2D eigenvalue weighted by Crippen LogP contribution is 2.54. The van der Waals surface area contributed by atoms with Gasteiger partial charge in [-0.1, -0.05) is 39.3 Å². The Morgan fingerprint density at radius 3 is 2.53 bits per heavy atom. The van der Waals surface area contributed by atoms with Crippen molar-refractivity contribution < 1.29 is 24.5 Å². The number of aromatic hydroxyl groups is 1. The van der Waals surface area contributed by atoms with E-state index in [4.69, 9.17) is 4.74 Å². The zero-order valence-electron chi connectivity index (χ0n) is 18.3. The van der Waals surface area contributed by atoms with Crippen molar-refractivity contribution in [2.75, 3.05) is 0 Å². The number of aliphatic hydroxyl groups excluding tert-OH is 1. The van der Waals surface area contributed by atoms with Crippen LogP contribution in [-0.4, -0.2) is 27.9 Å². The lowest BCUT2D eigenvalue weighted by Gasteiger charge is -2.29. The second kappa shape index (κ2) is 6.73. The molecule has 0 bridgehead atoms. The van der Waals surface area contributed by atoms with Crippen molar-refractivity contribution >= 4 is 17.3 Å². The first-order valence-electron chi connectivity index (χ1n) is 10.8. The maximum absolute atomic E-state index is 12.5. The van der Waals surface area contributed by atoms with Gasteiger partial charge >= 0.3 is 0 Å². The van der Waals surface area contributed by atoms with Crippen LogP contribution in [0.4, 0.5) is 0 Å². The summed E-state index contributed by atoms with van der Waals surface area (Å²) in [6, 6.07) is 1.31. The molecule has 0 radical (unpaired) electrons. The number of aliphatic hydroxyl groups is 1. The van der Waals surface area contributed by atoms with Gasteiger partial charge in [0.25, 0.3) is 0 Å². The predicted molar refractivity (Wildman–Crippen MR) is 115 cm³/mol. The normalized spacial score (nSPS) is 33.2. The Kier molecular flexibility index (Phi) is 4.64. The first-order chi connectivity index (χ1) is 14.0. The summed E-state index contributed by atoms with van der Waals surface area (Å²) in [6.45, 7) is 9.99. The van der Waals surface area contributed by atoms with E-state index in [1.54, 1.807) is 0 Å². The molecule has 1 saturated carbocycles. The molecule has 5 nitrogen and oxygen atoms in total. The summed E-state index contributed by atoms with van der Waals surface area (Å²) in [4.78, 5) is 24.6. The number of rotatable bonds is 3. The number of carbonyl (C=O) groups is 2. The number of allylic oxidation sites excluding steroid dienone is 3. The molecule has 0 spiro atoms. The fourth-order valence-corrected chi connectivity index (χ4v) is 5.28. The van der Waals surface area contributed by atoms with Gasteiger partial charge in [-0.15, -0.1) is 0 Å². The monoisotopic (exact) mass is 410 g/mol. The second-order valence-electron chi connectivity index (χ2n) is 9.74. The van der Waals surface area contributed by atoms with Gasteiger partial charge in [-0.05, 0) is 50.5 Å². The molecule has 2 aliphatic carbocycles. The molecule has 160 valence electrons. The van der Waals surface area contributed by atoms with E-state index in [-0.39, 0.29) is 39.7 Å². The molecule has 1 aliphatic heterocycles. The number of benzene rings is 1. The second-order valence-corrected chi connectivity index (χ2v) is 9.74. The third-order valence-electron chi connectivity index (χ3n) is 7.93. The smallest absolute Gasteiger partial charge is 0.234 e. The van der Waals surface area contributed by atoms with Crippen LogP contribution < -0.4 is 4.74 Å². The van der Waals surface area contributed by atoms with E-state index in [1.807, 2.05) is 13.8 Å².